The summed E-state index contributed by atoms with van der Waals surface area (Å²) in [7, 11) is 0. The number of Topliss-reactive ketones (excluding diaryl/α,β-unsaturated/α-hetero) is 1. The fourth-order valence-corrected chi connectivity index (χ4v) is 4.29. The molecule has 5 atom stereocenters. The molecule has 2 aliphatic rings. The number of aliphatic hydroxyl groups is 1. The van der Waals surface area contributed by atoms with Crippen LogP contribution in [0.2, 0.25) is 0 Å². The second-order valence-corrected chi connectivity index (χ2v) is 6.31. The third-order valence-corrected chi connectivity index (χ3v) is 5.17. The van der Waals surface area contributed by atoms with E-state index in [4.69, 9.17) is 0 Å². The molecule has 20 heavy (non-hydrogen) atoms. The summed E-state index contributed by atoms with van der Waals surface area (Å²) in [5, 5.41) is 10.2. The summed E-state index contributed by atoms with van der Waals surface area (Å²) in [5.74, 6) is 0.639. The fourth-order valence-electron chi connectivity index (χ4n) is 4.29. The molecule has 0 heterocycles. The maximum Gasteiger partial charge on any atom is 0.136 e. The van der Waals surface area contributed by atoms with Crippen molar-refractivity contribution in [1.29, 1.82) is 0 Å². The normalized spacial score (nSPS) is 36.0. The van der Waals surface area contributed by atoms with Gasteiger partial charge in [0.1, 0.15) is 11.6 Å². The van der Waals surface area contributed by atoms with Crippen LogP contribution in [0.4, 0.5) is 4.39 Å². The maximum atomic E-state index is 13.1. The minimum Gasteiger partial charge on any atom is -0.393 e. The van der Waals surface area contributed by atoms with Gasteiger partial charge in [0.2, 0.25) is 0 Å². The third-order valence-electron chi connectivity index (χ3n) is 5.17. The van der Waals surface area contributed by atoms with Crippen LogP contribution in [0.15, 0.2) is 24.3 Å². The predicted octanol–water partition coefficient (Wildman–Crippen LogP) is 3.30. The van der Waals surface area contributed by atoms with Crippen molar-refractivity contribution in [1.82, 2.24) is 0 Å². The van der Waals surface area contributed by atoms with Gasteiger partial charge >= 0.3 is 0 Å². The summed E-state index contributed by atoms with van der Waals surface area (Å²) < 4.78 is 13.1. The number of ketones is 1. The summed E-state index contributed by atoms with van der Waals surface area (Å²) in [6, 6.07) is 6.53. The van der Waals surface area contributed by atoms with Crippen LogP contribution in [-0.2, 0) is 4.79 Å². The molecule has 0 amide bonds. The van der Waals surface area contributed by atoms with Gasteiger partial charge in [-0.3, -0.25) is 4.79 Å². The molecule has 2 aliphatic carbocycles. The molecule has 1 aromatic carbocycles. The Hall–Kier alpha value is -1.22. The van der Waals surface area contributed by atoms with Crippen molar-refractivity contribution in [2.75, 3.05) is 0 Å². The topological polar surface area (TPSA) is 37.3 Å². The molecule has 2 saturated carbocycles. The monoisotopic (exact) mass is 276 g/mol. The van der Waals surface area contributed by atoms with Gasteiger partial charge in [0.15, 0.2) is 0 Å². The van der Waals surface area contributed by atoms with Gasteiger partial charge < -0.3 is 5.11 Å². The first-order valence-corrected chi connectivity index (χ1v) is 7.56. The van der Waals surface area contributed by atoms with Crippen LogP contribution < -0.4 is 0 Å². The first kappa shape index (κ1) is 13.7. The van der Waals surface area contributed by atoms with Gasteiger partial charge in [-0.1, -0.05) is 19.1 Å². The van der Waals surface area contributed by atoms with E-state index < -0.39 is 0 Å². The summed E-state index contributed by atoms with van der Waals surface area (Å²) in [6.07, 6.45) is 2.89. The summed E-state index contributed by atoms with van der Waals surface area (Å²) in [4.78, 5) is 12.4. The van der Waals surface area contributed by atoms with Gasteiger partial charge in [-0.15, -0.1) is 0 Å². The van der Waals surface area contributed by atoms with E-state index in [-0.39, 0.29) is 35.5 Å². The van der Waals surface area contributed by atoms with E-state index in [2.05, 4.69) is 0 Å². The molecule has 3 heteroatoms. The SMILES string of the molecule is CCC(=O)[C@H]1[C@@H](c2ccc(F)cc2)CC2CC(O)[C@H]1C2. The molecule has 0 aliphatic heterocycles. The Morgan fingerprint density at radius 2 is 1.95 bits per heavy atom. The molecule has 2 fully saturated rings. The number of carbonyl (C=O) groups excluding carboxylic acids is 1. The van der Waals surface area contributed by atoms with Crippen LogP contribution in [0, 0.1) is 23.6 Å². The molecule has 0 saturated heterocycles. The molecule has 1 aromatic rings. The van der Waals surface area contributed by atoms with Crippen molar-refractivity contribution in [3.8, 4) is 0 Å². The number of carbonyl (C=O) groups is 1. The minimum absolute atomic E-state index is 0.0938. The fraction of sp³-hybridized carbons (Fsp3) is 0.588. The Morgan fingerprint density at radius 3 is 2.60 bits per heavy atom. The van der Waals surface area contributed by atoms with Crippen LogP contribution in [-0.4, -0.2) is 17.0 Å². The van der Waals surface area contributed by atoms with E-state index in [1.807, 2.05) is 6.92 Å². The summed E-state index contributed by atoms with van der Waals surface area (Å²) in [5.41, 5.74) is 1.04. The van der Waals surface area contributed by atoms with Gasteiger partial charge in [0.25, 0.3) is 0 Å². The Labute approximate surface area is 119 Å². The van der Waals surface area contributed by atoms with Crippen LogP contribution in [0.25, 0.3) is 0 Å². The van der Waals surface area contributed by atoms with E-state index >= 15 is 0 Å². The molecule has 2 bridgehead atoms. The molecular formula is C17H21FO2. The highest BCUT2D eigenvalue weighted by molar-refractivity contribution is 5.82. The lowest BCUT2D eigenvalue weighted by atomic mass is 9.67. The maximum absolute atomic E-state index is 13.1. The molecule has 2 nitrogen and oxygen atoms in total. The molecule has 0 spiro atoms. The molecule has 1 N–H and O–H groups in total. The third kappa shape index (κ3) is 2.28. The van der Waals surface area contributed by atoms with E-state index in [1.165, 1.54) is 12.1 Å². The Bertz CT molecular complexity index is 496. The van der Waals surface area contributed by atoms with Crippen LogP contribution >= 0.6 is 0 Å². The quantitative estimate of drug-likeness (QED) is 0.919. The zero-order valence-electron chi connectivity index (χ0n) is 11.8. The summed E-state index contributed by atoms with van der Waals surface area (Å²) >= 11 is 0. The Morgan fingerprint density at radius 1 is 1.25 bits per heavy atom. The smallest absolute Gasteiger partial charge is 0.136 e. The highest BCUT2D eigenvalue weighted by Gasteiger charge is 2.49. The number of hydrogen-bond donors (Lipinski definition) is 1. The lowest BCUT2D eigenvalue weighted by molar-refractivity contribution is -0.127. The highest BCUT2D eigenvalue weighted by Crippen LogP contribution is 2.52. The Balaban J connectivity index is 1.95. The average molecular weight is 276 g/mol. The lowest BCUT2D eigenvalue weighted by Crippen LogP contribution is -2.35. The number of benzene rings is 1. The van der Waals surface area contributed by atoms with Gasteiger partial charge in [0, 0.05) is 12.3 Å². The largest absolute Gasteiger partial charge is 0.393 e. The van der Waals surface area contributed by atoms with Crippen molar-refractivity contribution in [3.63, 3.8) is 0 Å². The lowest BCUT2D eigenvalue weighted by Gasteiger charge is -2.36. The first-order chi connectivity index (χ1) is 9.60. The number of hydrogen-bond acceptors (Lipinski definition) is 2. The standard InChI is InChI=1S/C17H21FO2/c1-2-15(19)17-13(11-3-5-12(18)6-4-11)7-10-8-14(17)16(20)9-10/h3-6,10,13-14,16-17,20H,2,7-9H2,1H3/t10?,13-,14-,16?,17+/m1/s1. The van der Waals surface area contributed by atoms with Crippen LogP contribution in [0.5, 0.6) is 0 Å². The van der Waals surface area contributed by atoms with Gasteiger partial charge in [-0.25, -0.2) is 4.39 Å². The molecule has 0 aromatic heterocycles. The van der Waals surface area contributed by atoms with Crippen molar-refractivity contribution in [2.24, 2.45) is 17.8 Å². The molecular weight excluding hydrogens is 255 g/mol. The number of aliphatic hydroxyl groups excluding tert-OH is 1. The van der Waals surface area contributed by atoms with Crippen LogP contribution in [0.1, 0.15) is 44.1 Å². The first-order valence-electron chi connectivity index (χ1n) is 7.56. The molecule has 3 rings (SSSR count). The van der Waals surface area contributed by atoms with Crippen molar-refractivity contribution in [2.45, 2.75) is 44.6 Å². The van der Waals surface area contributed by atoms with E-state index in [9.17, 15) is 14.3 Å². The number of halogens is 1. The molecule has 108 valence electrons. The van der Waals surface area contributed by atoms with E-state index in [0.29, 0.717) is 12.3 Å². The number of rotatable bonds is 3. The van der Waals surface area contributed by atoms with Crippen molar-refractivity contribution in [3.05, 3.63) is 35.6 Å². The highest BCUT2D eigenvalue weighted by atomic mass is 19.1. The Kier molecular flexibility index (Phi) is 3.63. The minimum atomic E-state index is -0.342. The van der Waals surface area contributed by atoms with Crippen molar-refractivity contribution < 1.29 is 14.3 Å². The zero-order valence-corrected chi connectivity index (χ0v) is 11.8. The van der Waals surface area contributed by atoms with Gasteiger partial charge in [-0.2, -0.15) is 0 Å². The van der Waals surface area contributed by atoms with Gasteiger partial charge in [-0.05, 0) is 54.7 Å². The number of fused-ring (bicyclic) bond motifs is 2. The van der Waals surface area contributed by atoms with Gasteiger partial charge in [0.05, 0.1) is 6.10 Å². The second kappa shape index (κ2) is 5.28. The molecule has 0 radical (unpaired) electrons. The van der Waals surface area contributed by atoms with E-state index in [0.717, 1.165) is 24.8 Å². The zero-order chi connectivity index (χ0) is 14.3. The summed E-state index contributed by atoms with van der Waals surface area (Å²) in [6.45, 7) is 1.89. The van der Waals surface area contributed by atoms with Crippen molar-refractivity contribution >= 4 is 5.78 Å². The molecule has 2 unspecified atom stereocenters. The van der Waals surface area contributed by atoms with E-state index in [1.54, 1.807) is 12.1 Å². The predicted molar refractivity (Wildman–Crippen MR) is 74.8 cm³/mol. The second-order valence-electron chi connectivity index (χ2n) is 6.31. The average Bonchev–Trinajstić information content (AvgIpc) is 2.74. The van der Waals surface area contributed by atoms with Crippen LogP contribution in [0.3, 0.4) is 0 Å².